The van der Waals surface area contributed by atoms with Gasteiger partial charge in [0.1, 0.15) is 6.42 Å². The van der Waals surface area contributed by atoms with Gasteiger partial charge in [-0.3, -0.25) is 9.59 Å². The Kier molecular flexibility index (Phi) is 5.70. The van der Waals surface area contributed by atoms with Gasteiger partial charge in [0.05, 0.1) is 13.2 Å². The van der Waals surface area contributed by atoms with Crippen LogP contribution >= 0.6 is 0 Å². The molecular formula is C7H11F2NO4. The molecule has 0 unspecified atom stereocenters. The van der Waals surface area contributed by atoms with E-state index < -0.39 is 37.9 Å². The summed E-state index contributed by atoms with van der Waals surface area (Å²) in [6, 6.07) is 0. The number of nitrogens with zero attached hydrogens (tertiary/aromatic N) is 1. The summed E-state index contributed by atoms with van der Waals surface area (Å²) in [6.45, 7) is -1.61. The number of aliphatic hydroxyl groups is 1. The van der Waals surface area contributed by atoms with E-state index in [1.165, 1.54) is 0 Å². The van der Waals surface area contributed by atoms with Gasteiger partial charge in [0.25, 0.3) is 6.43 Å². The molecule has 14 heavy (non-hydrogen) atoms. The third-order valence-corrected chi connectivity index (χ3v) is 1.38. The normalized spacial score (nSPS) is 10.3. The van der Waals surface area contributed by atoms with Crippen LogP contribution in [0.4, 0.5) is 8.78 Å². The van der Waals surface area contributed by atoms with E-state index in [2.05, 4.69) is 0 Å². The summed E-state index contributed by atoms with van der Waals surface area (Å²) in [4.78, 5) is 21.7. The zero-order valence-corrected chi connectivity index (χ0v) is 7.32. The average molecular weight is 211 g/mol. The van der Waals surface area contributed by atoms with E-state index in [-0.39, 0.29) is 6.54 Å². The number of aliphatic hydroxyl groups excluding tert-OH is 1. The quantitative estimate of drug-likeness (QED) is 0.583. The molecule has 82 valence electrons. The van der Waals surface area contributed by atoms with Crippen molar-refractivity contribution in [1.29, 1.82) is 0 Å². The maximum absolute atomic E-state index is 11.9. The molecule has 0 aromatic carbocycles. The van der Waals surface area contributed by atoms with Crippen LogP contribution in [0.25, 0.3) is 0 Å². The van der Waals surface area contributed by atoms with Crippen molar-refractivity contribution in [2.75, 3.05) is 19.7 Å². The Hall–Kier alpha value is -1.24. The fraction of sp³-hybridized carbons (Fsp3) is 0.714. The van der Waals surface area contributed by atoms with Crippen molar-refractivity contribution in [1.82, 2.24) is 4.90 Å². The zero-order chi connectivity index (χ0) is 11.1. The van der Waals surface area contributed by atoms with Gasteiger partial charge in [-0.05, 0) is 0 Å². The molecule has 5 nitrogen and oxygen atoms in total. The fourth-order valence-electron chi connectivity index (χ4n) is 0.846. The number of halogens is 2. The lowest BCUT2D eigenvalue weighted by Gasteiger charge is -2.20. The molecule has 0 rings (SSSR count). The Morgan fingerprint density at radius 1 is 1.36 bits per heavy atom. The number of alkyl halides is 2. The second-order valence-corrected chi connectivity index (χ2v) is 2.52. The van der Waals surface area contributed by atoms with Gasteiger partial charge in [0.2, 0.25) is 5.91 Å². The highest BCUT2D eigenvalue weighted by Crippen LogP contribution is 2.00. The van der Waals surface area contributed by atoms with Gasteiger partial charge >= 0.3 is 5.97 Å². The van der Waals surface area contributed by atoms with E-state index in [9.17, 15) is 18.4 Å². The Morgan fingerprint density at radius 3 is 2.29 bits per heavy atom. The molecule has 0 saturated carbocycles. The van der Waals surface area contributed by atoms with E-state index in [4.69, 9.17) is 10.2 Å². The lowest BCUT2D eigenvalue weighted by molar-refractivity contribution is -0.145. The number of carboxylic acids is 1. The minimum Gasteiger partial charge on any atom is -0.481 e. The molecule has 0 aliphatic heterocycles. The van der Waals surface area contributed by atoms with Crippen molar-refractivity contribution in [2.24, 2.45) is 0 Å². The number of hydrogen-bond donors (Lipinski definition) is 2. The molecule has 0 atom stereocenters. The average Bonchev–Trinajstić information content (AvgIpc) is 2.01. The van der Waals surface area contributed by atoms with Gasteiger partial charge in [-0.25, -0.2) is 8.78 Å². The minimum atomic E-state index is -2.74. The van der Waals surface area contributed by atoms with Crippen LogP contribution in [0.15, 0.2) is 0 Å². The molecule has 1 amide bonds. The Labute approximate surface area is 78.9 Å². The summed E-state index contributed by atoms with van der Waals surface area (Å²) in [5.41, 5.74) is 0. The molecular weight excluding hydrogens is 200 g/mol. The number of rotatable bonds is 6. The first-order chi connectivity index (χ1) is 6.47. The molecule has 0 heterocycles. The van der Waals surface area contributed by atoms with Crippen LogP contribution in [0, 0.1) is 0 Å². The Bertz CT molecular complexity index is 210. The smallest absolute Gasteiger partial charge is 0.312 e. The van der Waals surface area contributed by atoms with Gasteiger partial charge < -0.3 is 15.1 Å². The third kappa shape index (κ3) is 5.41. The third-order valence-electron chi connectivity index (χ3n) is 1.38. The van der Waals surface area contributed by atoms with Crippen LogP contribution in [-0.4, -0.2) is 53.1 Å². The van der Waals surface area contributed by atoms with Gasteiger partial charge in [-0.15, -0.1) is 0 Å². The first-order valence-electron chi connectivity index (χ1n) is 3.86. The Morgan fingerprint density at radius 2 is 1.93 bits per heavy atom. The molecule has 0 spiro atoms. The van der Waals surface area contributed by atoms with Gasteiger partial charge in [0, 0.05) is 6.54 Å². The number of carbonyl (C=O) groups is 2. The number of hydrogen-bond acceptors (Lipinski definition) is 3. The second-order valence-electron chi connectivity index (χ2n) is 2.52. The SMILES string of the molecule is O=C(O)CC(=O)N(CCO)CC(F)F. The first-order valence-corrected chi connectivity index (χ1v) is 3.86. The van der Waals surface area contributed by atoms with Crippen LogP contribution in [-0.2, 0) is 9.59 Å². The number of carboxylic acid groups (broad SMARTS) is 1. The molecule has 0 saturated heterocycles. The van der Waals surface area contributed by atoms with E-state index >= 15 is 0 Å². The predicted octanol–water partition coefficient (Wildman–Crippen LogP) is -0.453. The zero-order valence-electron chi connectivity index (χ0n) is 7.32. The molecule has 0 aromatic rings. The minimum absolute atomic E-state index is 0.281. The predicted molar refractivity (Wildman–Crippen MR) is 41.9 cm³/mol. The molecule has 0 aliphatic rings. The van der Waals surface area contributed by atoms with E-state index in [1.807, 2.05) is 0 Å². The van der Waals surface area contributed by atoms with Crippen molar-refractivity contribution < 1.29 is 28.6 Å². The van der Waals surface area contributed by atoms with E-state index in [0.717, 1.165) is 0 Å². The summed E-state index contributed by atoms with van der Waals surface area (Å²) < 4.78 is 23.8. The van der Waals surface area contributed by atoms with Crippen molar-refractivity contribution in [2.45, 2.75) is 12.8 Å². The summed E-state index contributed by atoms with van der Waals surface area (Å²) >= 11 is 0. The molecule has 0 aromatic heterocycles. The van der Waals surface area contributed by atoms with Crippen LogP contribution in [0.5, 0.6) is 0 Å². The Balaban J connectivity index is 4.17. The maximum Gasteiger partial charge on any atom is 0.312 e. The second kappa shape index (κ2) is 6.25. The largest absolute Gasteiger partial charge is 0.481 e. The maximum atomic E-state index is 11.9. The molecule has 7 heteroatoms. The summed E-state index contributed by atoms with van der Waals surface area (Å²) in [7, 11) is 0. The highest BCUT2D eigenvalue weighted by molar-refractivity contribution is 5.93. The monoisotopic (exact) mass is 211 g/mol. The van der Waals surface area contributed by atoms with Crippen LogP contribution < -0.4 is 0 Å². The van der Waals surface area contributed by atoms with Crippen molar-refractivity contribution in [3.8, 4) is 0 Å². The van der Waals surface area contributed by atoms with Crippen molar-refractivity contribution in [3.05, 3.63) is 0 Å². The van der Waals surface area contributed by atoms with Crippen LogP contribution in [0.3, 0.4) is 0 Å². The van der Waals surface area contributed by atoms with Gasteiger partial charge in [-0.2, -0.15) is 0 Å². The van der Waals surface area contributed by atoms with Gasteiger partial charge in [-0.1, -0.05) is 0 Å². The summed E-state index contributed by atoms with van der Waals surface area (Å²) in [5.74, 6) is -2.31. The molecule has 0 aliphatic carbocycles. The first kappa shape index (κ1) is 12.8. The highest BCUT2D eigenvalue weighted by Gasteiger charge is 2.19. The molecule has 0 fully saturated rings. The number of aliphatic carboxylic acids is 1. The molecule has 0 radical (unpaired) electrons. The highest BCUT2D eigenvalue weighted by atomic mass is 19.3. The van der Waals surface area contributed by atoms with E-state index in [0.29, 0.717) is 4.90 Å². The number of carbonyl (C=O) groups excluding carboxylic acids is 1. The van der Waals surface area contributed by atoms with Gasteiger partial charge in [0.15, 0.2) is 0 Å². The van der Waals surface area contributed by atoms with Crippen molar-refractivity contribution in [3.63, 3.8) is 0 Å². The standard InChI is InChI=1S/C7H11F2NO4/c8-5(9)4-10(1-2-11)6(12)3-7(13)14/h5,11H,1-4H2,(H,13,14). The van der Waals surface area contributed by atoms with Crippen molar-refractivity contribution >= 4 is 11.9 Å². The fourth-order valence-corrected chi connectivity index (χ4v) is 0.846. The molecule has 2 N–H and O–H groups in total. The number of amides is 1. The summed E-state index contributed by atoms with van der Waals surface area (Å²) in [6.07, 6.45) is -3.58. The van der Waals surface area contributed by atoms with Crippen LogP contribution in [0.2, 0.25) is 0 Å². The lowest BCUT2D eigenvalue weighted by atomic mass is 10.3. The summed E-state index contributed by atoms with van der Waals surface area (Å²) in [5, 5.41) is 16.7. The topological polar surface area (TPSA) is 77.8 Å². The van der Waals surface area contributed by atoms with Crippen LogP contribution in [0.1, 0.15) is 6.42 Å². The van der Waals surface area contributed by atoms with E-state index in [1.54, 1.807) is 0 Å². The lowest BCUT2D eigenvalue weighted by Crippen LogP contribution is -2.38. The molecule has 0 bridgehead atoms.